The zero-order valence-electron chi connectivity index (χ0n) is 10.8. The van der Waals surface area contributed by atoms with Crippen LogP contribution in [-0.2, 0) is 10.0 Å². The monoisotopic (exact) mass is 272 g/mol. The fraction of sp³-hybridized carbons (Fsp3) is 0.727. The molecule has 0 aromatic carbocycles. The lowest BCUT2D eigenvalue weighted by molar-refractivity contribution is 0.431. The number of hydrogen-bond acceptors (Lipinski definition) is 4. The van der Waals surface area contributed by atoms with Gasteiger partial charge in [0.15, 0.2) is 5.03 Å². The fourth-order valence-corrected chi connectivity index (χ4v) is 3.98. The predicted octanol–water partition coefficient (Wildman–Crippen LogP) is 0.433. The van der Waals surface area contributed by atoms with Crippen LogP contribution in [0.25, 0.3) is 0 Å². The largest absolute Gasteiger partial charge is 0.330 e. The molecule has 18 heavy (non-hydrogen) atoms. The molecule has 0 aliphatic carbocycles. The normalized spacial score (nSPS) is 21.9. The highest BCUT2D eigenvalue weighted by molar-refractivity contribution is 7.89. The molecule has 0 radical (unpaired) electrons. The number of sulfonamides is 1. The predicted molar refractivity (Wildman–Crippen MR) is 68.5 cm³/mol. The van der Waals surface area contributed by atoms with Crippen molar-refractivity contribution in [2.75, 3.05) is 19.6 Å². The van der Waals surface area contributed by atoms with Gasteiger partial charge in [0.1, 0.15) is 0 Å². The molecule has 1 aromatic heterocycles. The zero-order chi connectivity index (χ0) is 13.3. The quantitative estimate of drug-likeness (QED) is 0.862. The first-order valence-electron chi connectivity index (χ1n) is 6.20. The molecule has 0 saturated carbocycles. The van der Waals surface area contributed by atoms with Gasteiger partial charge >= 0.3 is 0 Å². The summed E-state index contributed by atoms with van der Waals surface area (Å²) in [4.78, 5) is 0. The minimum absolute atomic E-state index is 0.0256. The van der Waals surface area contributed by atoms with E-state index < -0.39 is 10.0 Å². The lowest BCUT2D eigenvalue weighted by Gasteiger charge is -2.18. The molecule has 1 aliphatic heterocycles. The topological polar surface area (TPSA) is 81.2 Å². The Morgan fingerprint density at radius 2 is 2.28 bits per heavy atom. The summed E-state index contributed by atoms with van der Waals surface area (Å²) in [7, 11) is -3.44. The Morgan fingerprint density at radius 3 is 2.83 bits per heavy atom. The molecule has 1 aromatic rings. The van der Waals surface area contributed by atoms with Crippen LogP contribution in [0.1, 0.15) is 26.3 Å². The Balaban J connectivity index is 2.29. The van der Waals surface area contributed by atoms with Crippen molar-refractivity contribution in [1.29, 1.82) is 0 Å². The Kier molecular flexibility index (Phi) is 3.74. The summed E-state index contributed by atoms with van der Waals surface area (Å²) in [5, 5.41) is 4.35. The van der Waals surface area contributed by atoms with Crippen LogP contribution in [0.15, 0.2) is 17.3 Å². The molecule has 1 unspecified atom stereocenters. The standard InChI is InChI=1S/C11H20N4O2S/c1-9(2)15-11(3-5-13-15)18(16,17)14-6-4-10(7-12)8-14/h3,5,9-10H,4,6-8,12H2,1-2H3. The molecule has 1 aliphatic rings. The molecular formula is C11H20N4O2S. The Labute approximate surface area is 108 Å². The fourth-order valence-electron chi connectivity index (χ4n) is 2.23. The third kappa shape index (κ3) is 2.30. The van der Waals surface area contributed by atoms with Gasteiger partial charge in [-0.2, -0.15) is 9.40 Å². The molecule has 0 bridgehead atoms. The molecule has 0 amide bonds. The molecule has 1 saturated heterocycles. The minimum atomic E-state index is -3.44. The van der Waals surface area contributed by atoms with Crippen LogP contribution in [-0.4, -0.2) is 42.1 Å². The van der Waals surface area contributed by atoms with Crippen LogP contribution >= 0.6 is 0 Å². The second kappa shape index (κ2) is 4.99. The van der Waals surface area contributed by atoms with E-state index in [2.05, 4.69) is 5.10 Å². The SMILES string of the molecule is CC(C)n1nccc1S(=O)(=O)N1CCC(CN)C1. The van der Waals surface area contributed by atoms with E-state index in [1.165, 1.54) is 10.5 Å². The number of aromatic nitrogens is 2. The van der Waals surface area contributed by atoms with Crippen molar-refractivity contribution < 1.29 is 8.42 Å². The zero-order valence-corrected chi connectivity index (χ0v) is 11.6. The first-order valence-corrected chi connectivity index (χ1v) is 7.64. The number of nitrogens with two attached hydrogens (primary N) is 1. The molecule has 6 nitrogen and oxygen atoms in total. The molecule has 2 N–H and O–H groups in total. The molecule has 1 fully saturated rings. The maximum atomic E-state index is 12.5. The van der Waals surface area contributed by atoms with Crippen LogP contribution < -0.4 is 5.73 Å². The van der Waals surface area contributed by atoms with Crippen LogP contribution in [0.3, 0.4) is 0 Å². The maximum absolute atomic E-state index is 12.5. The molecular weight excluding hydrogens is 252 g/mol. The highest BCUT2D eigenvalue weighted by Crippen LogP contribution is 2.24. The number of hydrogen-bond donors (Lipinski definition) is 1. The van der Waals surface area contributed by atoms with Gasteiger partial charge in [0.25, 0.3) is 10.0 Å². The average Bonchev–Trinajstić information content (AvgIpc) is 2.98. The Bertz CT molecular complexity index is 509. The summed E-state index contributed by atoms with van der Waals surface area (Å²) >= 11 is 0. The van der Waals surface area contributed by atoms with E-state index in [9.17, 15) is 8.42 Å². The minimum Gasteiger partial charge on any atom is -0.330 e. The first-order chi connectivity index (χ1) is 8.46. The summed E-state index contributed by atoms with van der Waals surface area (Å²) in [6.07, 6.45) is 2.37. The Hall–Kier alpha value is -0.920. The van der Waals surface area contributed by atoms with Crippen molar-refractivity contribution in [1.82, 2.24) is 14.1 Å². The van der Waals surface area contributed by atoms with Crippen molar-refractivity contribution in [3.8, 4) is 0 Å². The van der Waals surface area contributed by atoms with Gasteiger partial charge in [-0.1, -0.05) is 0 Å². The van der Waals surface area contributed by atoms with Crippen molar-refractivity contribution in [2.24, 2.45) is 11.7 Å². The van der Waals surface area contributed by atoms with Gasteiger partial charge in [0.05, 0.1) is 6.20 Å². The van der Waals surface area contributed by atoms with E-state index in [1.807, 2.05) is 13.8 Å². The highest BCUT2D eigenvalue weighted by Gasteiger charge is 2.34. The van der Waals surface area contributed by atoms with Crippen LogP contribution in [0.4, 0.5) is 0 Å². The lowest BCUT2D eigenvalue weighted by Crippen LogP contribution is -2.32. The lowest BCUT2D eigenvalue weighted by atomic mass is 10.1. The number of nitrogens with zero attached hydrogens (tertiary/aromatic N) is 3. The molecule has 2 heterocycles. The molecule has 2 rings (SSSR count). The van der Waals surface area contributed by atoms with E-state index in [0.29, 0.717) is 19.6 Å². The second-order valence-electron chi connectivity index (χ2n) is 4.96. The van der Waals surface area contributed by atoms with Crippen molar-refractivity contribution in [2.45, 2.75) is 31.3 Å². The van der Waals surface area contributed by atoms with E-state index in [4.69, 9.17) is 5.73 Å². The molecule has 7 heteroatoms. The molecule has 0 spiro atoms. The van der Waals surface area contributed by atoms with Crippen LogP contribution in [0.5, 0.6) is 0 Å². The Morgan fingerprint density at radius 1 is 1.56 bits per heavy atom. The van der Waals surface area contributed by atoms with Crippen molar-refractivity contribution in [3.63, 3.8) is 0 Å². The average molecular weight is 272 g/mol. The summed E-state index contributed by atoms with van der Waals surface area (Å²) < 4.78 is 28.1. The third-order valence-corrected chi connectivity index (χ3v) is 5.17. The molecule has 1 atom stereocenters. The third-order valence-electron chi connectivity index (χ3n) is 3.31. The van der Waals surface area contributed by atoms with Gasteiger partial charge < -0.3 is 5.73 Å². The smallest absolute Gasteiger partial charge is 0.260 e. The number of rotatable bonds is 4. The van der Waals surface area contributed by atoms with Gasteiger partial charge in [-0.05, 0) is 38.8 Å². The molecule has 102 valence electrons. The van der Waals surface area contributed by atoms with Crippen LogP contribution in [0.2, 0.25) is 0 Å². The van der Waals surface area contributed by atoms with Crippen LogP contribution in [0, 0.1) is 5.92 Å². The van der Waals surface area contributed by atoms with Gasteiger partial charge in [-0.25, -0.2) is 8.42 Å². The van der Waals surface area contributed by atoms with Gasteiger partial charge in [0, 0.05) is 19.1 Å². The van der Waals surface area contributed by atoms with E-state index in [0.717, 1.165) is 6.42 Å². The summed E-state index contributed by atoms with van der Waals surface area (Å²) in [5.74, 6) is 0.273. The summed E-state index contributed by atoms with van der Waals surface area (Å²) in [6.45, 7) is 5.43. The van der Waals surface area contributed by atoms with E-state index >= 15 is 0 Å². The van der Waals surface area contributed by atoms with E-state index in [1.54, 1.807) is 10.7 Å². The summed E-state index contributed by atoms with van der Waals surface area (Å²) in [6, 6.07) is 1.59. The maximum Gasteiger partial charge on any atom is 0.260 e. The van der Waals surface area contributed by atoms with Gasteiger partial charge in [-0.15, -0.1) is 0 Å². The van der Waals surface area contributed by atoms with E-state index in [-0.39, 0.29) is 17.0 Å². The second-order valence-corrected chi connectivity index (χ2v) is 6.85. The first kappa shape index (κ1) is 13.5. The summed E-state index contributed by atoms with van der Waals surface area (Å²) in [5.41, 5.74) is 5.60. The van der Waals surface area contributed by atoms with Gasteiger partial charge in [0.2, 0.25) is 0 Å². The van der Waals surface area contributed by atoms with Gasteiger partial charge in [-0.3, -0.25) is 4.68 Å². The highest BCUT2D eigenvalue weighted by atomic mass is 32.2. The van der Waals surface area contributed by atoms with Crippen molar-refractivity contribution >= 4 is 10.0 Å². The van der Waals surface area contributed by atoms with Crippen molar-refractivity contribution in [3.05, 3.63) is 12.3 Å².